The van der Waals surface area contributed by atoms with Gasteiger partial charge in [-0.05, 0) is 23.1 Å². The molecule has 1 aliphatic rings. The lowest BCUT2D eigenvalue weighted by molar-refractivity contribution is -0.136. The topological polar surface area (TPSA) is 69.6 Å². The zero-order chi connectivity index (χ0) is 16.9. The van der Waals surface area contributed by atoms with Gasteiger partial charge in [0.2, 0.25) is 0 Å². The summed E-state index contributed by atoms with van der Waals surface area (Å²) in [5.41, 5.74) is 3.43. The number of urea groups is 1. The molecule has 2 aromatic carbocycles. The van der Waals surface area contributed by atoms with Crippen molar-refractivity contribution in [1.82, 2.24) is 10.2 Å². The molecule has 1 heterocycles. The fourth-order valence-corrected chi connectivity index (χ4v) is 3.16. The van der Waals surface area contributed by atoms with Crippen molar-refractivity contribution in [2.75, 3.05) is 13.1 Å². The van der Waals surface area contributed by atoms with Crippen molar-refractivity contribution in [3.05, 3.63) is 71.3 Å². The Morgan fingerprint density at radius 1 is 1.08 bits per heavy atom. The Morgan fingerprint density at radius 2 is 1.79 bits per heavy atom. The first kappa shape index (κ1) is 16.1. The second kappa shape index (κ2) is 7.17. The number of hydrogen-bond acceptors (Lipinski definition) is 2. The normalized spacial score (nSPS) is 16.3. The summed E-state index contributed by atoms with van der Waals surface area (Å²) in [6.45, 7) is 0.739. The lowest BCUT2D eigenvalue weighted by atomic mass is 9.88. The smallest absolute Gasteiger partial charge is 0.318 e. The number of carbonyl (C=O) groups excluding carboxylic acids is 1. The van der Waals surface area contributed by atoms with Crippen LogP contribution >= 0.6 is 0 Å². The summed E-state index contributed by atoms with van der Waals surface area (Å²) in [5, 5.41) is 11.5. The third kappa shape index (κ3) is 3.40. The van der Waals surface area contributed by atoms with Crippen LogP contribution in [0, 0.1) is 0 Å². The number of carboxylic acids is 1. The van der Waals surface area contributed by atoms with E-state index < -0.39 is 5.97 Å². The van der Waals surface area contributed by atoms with Crippen LogP contribution in [0.2, 0.25) is 0 Å². The van der Waals surface area contributed by atoms with Crippen LogP contribution in [0.1, 0.15) is 29.2 Å². The highest BCUT2D eigenvalue weighted by Gasteiger charge is 2.31. The SMILES string of the molecule is O=C(O)CCNC(=O)N1CCc2ccccc2C1c1ccccc1. The van der Waals surface area contributed by atoms with Gasteiger partial charge in [0.15, 0.2) is 0 Å². The lowest BCUT2D eigenvalue weighted by Gasteiger charge is -2.37. The number of aliphatic carboxylic acids is 1. The predicted octanol–water partition coefficient (Wildman–Crippen LogP) is 2.82. The monoisotopic (exact) mass is 324 g/mol. The molecule has 2 N–H and O–H groups in total. The van der Waals surface area contributed by atoms with E-state index in [2.05, 4.69) is 17.4 Å². The van der Waals surface area contributed by atoms with Crippen molar-refractivity contribution in [3.63, 3.8) is 0 Å². The zero-order valence-electron chi connectivity index (χ0n) is 13.3. The van der Waals surface area contributed by atoms with Crippen molar-refractivity contribution in [3.8, 4) is 0 Å². The summed E-state index contributed by atoms with van der Waals surface area (Å²) in [5.74, 6) is -0.918. The van der Waals surface area contributed by atoms with E-state index in [9.17, 15) is 9.59 Å². The molecule has 0 bridgehead atoms. The highest BCUT2D eigenvalue weighted by atomic mass is 16.4. The van der Waals surface area contributed by atoms with E-state index in [1.807, 2.05) is 42.5 Å². The molecule has 5 nitrogen and oxygen atoms in total. The number of carbonyl (C=O) groups is 2. The van der Waals surface area contributed by atoms with Crippen molar-refractivity contribution in [1.29, 1.82) is 0 Å². The summed E-state index contributed by atoms with van der Waals surface area (Å²) < 4.78 is 0. The molecule has 1 atom stereocenters. The minimum Gasteiger partial charge on any atom is -0.481 e. The summed E-state index contributed by atoms with van der Waals surface area (Å²) in [6.07, 6.45) is 0.720. The van der Waals surface area contributed by atoms with Crippen molar-refractivity contribution in [2.24, 2.45) is 0 Å². The van der Waals surface area contributed by atoms with Crippen molar-refractivity contribution >= 4 is 12.0 Å². The zero-order valence-corrected chi connectivity index (χ0v) is 13.3. The number of benzene rings is 2. The van der Waals surface area contributed by atoms with Gasteiger partial charge in [0.25, 0.3) is 0 Å². The third-order valence-electron chi connectivity index (χ3n) is 4.27. The van der Waals surface area contributed by atoms with Crippen LogP contribution in [-0.4, -0.2) is 35.1 Å². The van der Waals surface area contributed by atoms with Gasteiger partial charge in [-0.3, -0.25) is 4.79 Å². The second-order valence-electron chi connectivity index (χ2n) is 5.83. The molecule has 0 radical (unpaired) electrons. The van der Waals surface area contributed by atoms with Gasteiger partial charge in [-0.2, -0.15) is 0 Å². The summed E-state index contributed by atoms with van der Waals surface area (Å²) in [7, 11) is 0. The second-order valence-corrected chi connectivity index (χ2v) is 5.83. The molecule has 124 valence electrons. The Morgan fingerprint density at radius 3 is 2.54 bits per heavy atom. The van der Waals surface area contributed by atoms with Gasteiger partial charge in [0.05, 0.1) is 12.5 Å². The number of rotatable bonds is 4. The maximum absolute atomic E-state index is 12.6. The molecule has 0 aromatic heterocycles. The highest BCUT2D eigenvalue weighted by Crippen LogP contribution is 2.34. The molecule has 0 fully saturated rings. The first-order valence-corrected chi connectivity index (χ1v) is 8.06. The van der Waals surface area contributed by atoms with Gasteiger partial charge in [-0.1, -0.05) is 54.6 Å². The van der Waals surface area contributed by atoms with Crippen LogP contribution in [0.15, 0.2) is 54.6 Å². The Balaban J connectivity index is 1.88. The number of hydrogen-bond donors (Lipinski definition) is 2. The molecule has 2 amide bonds. The van der Waals surface area contributed by atoms with Gasteiger partial charge in [-0.15, -0.1) is 0 Å². The molecule has 0 saturated heterocycles. The highest BCUT2D eigenvalue weighted by molar-refractivity contribution is 5.77. The molecular formula is C19H20N2O3. The van der Waals surface area contributed by atoms with E-state index in [0.717, 1.165) is 17.5 Å². The fourth-order valence-electron chi connectivity index (χ4n) is 3.16. The van der Waals surface area contributed by atoms with E-state index in [-0.39, 0.29) is 25.0 Å². The molecule has 5 heteroatoms. The van der Waals surface area contributed by atoms with Crippen LogP contribution in [0.5, 0.6) is 0 Å². The standard InChI is InChI=1S/C19H20N2O3/c22-17(23)10-12-20-19(24)21-13-11-14-6-4-5-9-16(14)18(21)15-7-2-1-3-8-15/h1-9,18H,10-13H2,(H,20,24)(H,22,23). The third-order valence-corrected chi connectivity index (χ3v) is 4.27. The fraction of sp³-hybridized carbons (Fsp3) is 0.263. The van der Waals surface area contributed by atoms with Gasteiger partial charge in [0.1, 0.15) is 0 Å². The first-order valence-electron chi connectivity index (χ1n) is 8.06. The van der Waals surface area contributed by atoms with E-state index in [4.69, 9.17) is 5.11 Å². The molecule has 0 aliphatic carbocycles. The van der Waals surface area contributed by atoms with Crippen molar-refractivity contribution in [2.45, 2.75) is 18.9 Å². The molecule has 0 saturated carbocycles. The molecular weight excluding hydrogens is 304 g/mol. The predicted molar refractivity (Wildman–Crippen MR) is 90.8 cm³/mol. The van der Waals surface area contributed by atoms with Crippen LogP contribution in [0.4, 0.5) is 4.79 Å². The average molecular weight is 324 g/mol. The number of nitrogens with one attached hydrogen (secondary N) is 1. The van der Waals surface area contributed by atoms with Crippen molar-refractivity contribution < 1.29 is 14.7 Å². The van der Waals surface area contributed by atoms with Crippen LogP contribution < -0.4 is 5.32 Å². The average Bonchev–Trinajstić information content (AvgIpc) is 2.61. The summed E-state index contributed by atoms with van der Waals surface area (Å²) in [6, 6.07) is 17.7. The molecule has 1 aliphatic heterocycles. The van der Waals surface area contributed by atoms with Gasteiger partial charge >= 0.3 is 12.0 Å². The number of nitrogens with zero attached hydrogens (tertiary/aromatic N) is 1. The van der Waals surface area contributed by atoms with E-state index in [0.29, 0.717) is 6.54 Å². The van der Waals surface area contributed by atoms with Gasteiger partial charge in [-0.25, -0.2) is 4.79 Å². The van der Waals surface area contributed by atoms with E-state index in [1.54, 1.807) is 4.90 Å². The Kier molecular flexibility index (Phi) is 4.79. The van der Waals surface area contributed by atoms with Crippen LogP contribution in [-0.2, 0) is 11.2 Å². The van der Waals surface area contributed by atoms with E-state index >= 15 is 0 Å². The summed E-state index contributed by atoms with van der Waals surface area (Å²) >= 11 is 0. The number of fused-ring (bicyclic) bond motifs is 1. The Bertz CT molecular complexity index is 730. The first-order chi connectivity index (χ1) is 11.7. The molecule has 0 spiro atoms. The minimum atomic E-state index is -0.918. The molecule has 1 unspecified atom stereocenters. The Hall–Kier alpha value is -2.82. The molecule has 2 aromatic rings. The lowest BCUT2D eigenvalue weighted by Crippen LogP contribution is -2.46. The maximum atomic E-state index is 12.6. The molecule has 24 heavy (non-hydrogen) atoms. The van der Waals surface area contributed by atoms with Crippen LogP contribution in [0.25, 0.3) is 0 Å². The van der Waals surface area contributed by atoms with Gasteiger partial charge < -0.3 is 15.3 Å². The number of amides is 2. The largest absolute Gasteiger partial charge is 0.481 e. The summed E-state index contributed by atoms with van der Waals surface area (Å²) in [4.78, 5) is 25.0. The van der Waals surface area contributed by atoms with Gasteiger partial charge in [0, 0.05) is 13.1 Å². The Labute approximate surface area is 140 Å². The minimum absolute atomic E-state index is 0.0772. The quantitative estimate of drug-likeness (QED) is 0.908. The van der Waals surface area contributed by atoms with E-state index in [1.165, 1.54) is 5.56 Å². The number of carboxylic acid groups (broad SMARTS) is 1. The molecule has 3 rings (SSSR count). The maximum Gasteiger partial charge on any atom is 0.318 e. The van der Waals surface area contributed by atoms with Crippen LogP contribution in [0.3, 0.4) is 0 Å².